The molecule has 0 bridgehead atoms. The Hall–Kier alpha value is -2.21. The van der Waals surface area contributed by atoms with E-state index in [1.807, 2.05) is 12.1 Å². The van der Waals surface area contributed by atoms with Crippen molar-refractivity contribution in [3.05, 3.63) is 35.5 Å². The molecule has 1 aliphatic rings. The van der Waals surface area contributed by atoms with Crippen molar-refractivity contribution in [3.63, 3.8) is 0 Å². The van der Waals surface area contributed by atoms with E-state index in [2.05, 4.69) is 39.4 Å². The van der Waals surface area contributed by atoms with Crippen LogP contribution < -0.4 is 0 Å². The molecule has 0 atom stereocenters. The van der Waals surface area contributed by atoms with Crippen molar-refractivity contribution in [2.24, 2.45) is 5.92 Å². The lowest BCUT2D eigenvalue weighted by Gasteiger charge is -2.30. The summed E-state index contributed by atoms with van der Waals surface area (Å²) in [4.78, 5) is 14.4. The highest BCUT2D eigenvalue weighted by Gasteiger charge is 2.19. The summed E-state index contributed by atoms with van der Waals surface area (Å²) in [6.45, 7) is 7.71. The number of benzene rings is 1. The maximum absolute atomic E-state index is 11.9. The van der Waals surface area contributed by atoms with Crippen LogP contribution in [-0.4, -0.2) is 46.0 Å². The van der Waals surface area contributed by atoms with E-state index in [0.717, 1.165) is 18.0 Å². The molecular formula is C18H24N4O2. The Morgan fingerprint density at radius 2 is 1.96 bits per heavy atom. The number of nitrogens with one attached hydrogen (secondary N) is 1. The van der Waals surface area contributed by atoms with Gasteiger partial charge in [-0.05, 0) is 44.3 Å². The summed E-state index contributed by atoms with van der Waals surface area (Å²) in [6.07, 6.45) is 2.56. The number of carbonyl (C=O) groups is 1. The van der Waals surface area contributed by atoms with Crippen LogP contribution in [0.25, 0.3) is 11.3 Å². The second-order valence-corrected chi connectivity index (χ2v) is 6.40. The lowest BCUT2D eigenvalue weighted by Crippen LogP contribution is -2.32. The molecule has 3 rings (SSSR count). The molecule has 0 amide bonds. The maximum atomic E-state index is 11.9. The predicted molar refractivity (Wildman–Crippen MR) is 91.5 cm³/mol. The Morgan fingerprint density at radius 3 is 2.62 bits per heavy atom. The molecule has 1 saturated heterocycles. The van der Waals surface area contributed by atoms with Crippen molar-refractivity contribution in [2.45, 2.75) is 33.2 Å². The van der Waals surface area contributed by atoms with Gasteiger partial charge in [0.15, 0.2) is 5.69 Å². The van der Waals surface area contributed by atoms with E-state index in [0.29, 0.717) is 12.3 Å². The van der Waals surface area contributed by atoms with E-state index in [1.165, 1.54) is 31.5 Å². The molecule has 1 fully saturated rings. The first-order chi connectivity index (χ1) is 11.7. The number of aromatic nitrogens is 3. The highest BCUT2D eigenvalue weighted by Crippen LogP contribution is 2.22. The summed E-state index contributed by atoms with van der Waals surface area (Å²) in [7, 11) is 0. The number of rotatable bonds is 5. The highest BCUT2D eigenvalue weighted by atomic mass is 16.5. The van der Waals surface area contributed by atoms with Gasteiger partial charge in [0.2, 0.25) is 0 Å². The standard InChI is InChI=1S/C18H24N4O2/c1-3-24-18(23)17-16(19-21-20-17)15-6-4-14(5-7-15)12-22-10-8-13(2)9-11-22/h4-7,13H,3,8-12H2,1-2H3,(H,19,20,21). The van der Waals surface area contributed by atoms with Gasteiger partial charge in [-0.3, -0.25) is 4.90 Å². The van der Waals surface area contributed by atoms with Gasteiger partial charge < -0.3 is 4.74 Å². The van der Waals surface area contributed by atoms with Crippen LogP contribution in [0.1, 0.15) is 42.7 Å². The van der Waals surface area contributed by atoms with Crippen molar-refractivity contribution in [3.8, 4) is 11.3 Å². The van der Waals surface area contributed by atoms with Crippen LogP contribution in [0.15, 0.2) is 24.3 Å². The fourth-order valence-electron chi connectivity index (χ4n) is 3.02. The van der Waals surface area contributed by atoms with E-state index in [1.54, 1.807) is 6.92 Å². The van der Waals surface area contributed by atoms with Gasteiger partial charge in [0, 0.05) is 12.1 Å². The Labute approximate surface area is 142 Å². The summed E-state index contributed by atoms with van der Waals surface area (Å²) in [5.74, 6) is 0.393. The molecule has 6 heteroatoms. The number of esters is 1. The van der Waals surface area contributed by atoms with Gasteiger partial charge in [-0.15, -0.1) is 5.10 Å². The number of ether oxygens (including phenoxy) is 1. The van der Waals surface area contributed by atoms with Gasteiger partial charge in [0.05, 0.1) is 6.61 Å². The van der Waals surface area contributed by atoms with E-state index in [9.17, 15) is 4.79 Å². The number of hydrogen-bond donors (Lipinski definition) is 1. The minimum Gasteiger partial charge on any atom is -0.461 e. The van der Waals surface area contributed by atoms with Crippen LogP contribution in [0.2, 0.25) is 0 Å². The molecule has 0 saturated carbocycles. The van der Waals surface area contributed by atoms with Crippen molar-refractivity contribution >= 4 is 5.97 Å². The Morgan fingerprint density at radius 1 is 1.25 bits per heavy atom. The van der Waals surface area contributed by atoms with Crippen molar-refractivity contribution < 1.29 is 9.53 Å². The third-order valence-corrected chi connectivity index (χ3v) is 4.53. The lowest BCUT2D eigenvalue weighted by molar-refractivity contribution is 0.0520. The average molecular weight is 328 g/mol. The topological polar surface area (TPSA) is 71.1 Å². The summed E-state index contributed by atoms with van der Waals surface area (Å²) in [5, 5.41) is 10.5. The Bertz CT molecular complexity index is 673. The monoisotopic (exact) mass is 328 g/mol. The zero-order chi connectivity index (χ0) is 16.9. The van der Waals surface area contributed by atoms with Gasteiger partial charge in [-0.1, -0.05) is 31.2 Å². The number of hydrogen-bond acceptors (Lipinski definition) is 5. The van der Waals surface area contributed by atoms with Gasteiger partial charge >= 0.3 is 5.97 Å². The quantitative estimate of drug-likeness (QED) is 0.855. The smallest absolute Gasteiger partial charge is 0.361 e. The van der Waals surface area contributed by atoms with E-state index in [4.69, 9.17) is 4.74 Å². The second-order valence-electron chi connectivity index (χ2n) is 6.40. The molecule has 1 aromatic carbocycles. The molecular weight excluding hydrogens is 304 g/mol. The zero-order valence-corrected chi connectivity index (χ0v) is 14.3. The van der Waals surface area contributed by atoms with Gasteiger partial charge in [-0.25, -0.2) is 4.79 Å². The van der Waals surface area contributed by atoms with E-state index in [-0.39, 0.29) is 5.69 Å². The van der Waals surface area contributed by atoms with Crippen LogP contribution in [0.3, 0.4) is 0 Å². The van der Waals surface area contributed by atoms with E-state index < -0.39 is 5.97 Å². The van der Waals surface area contributed by atoms with Gasteiger partial charge in [-0.2, -0.15) is 10.3 Å². The largest absolute Gasteiger partial charge is 0.461 e. The normalized spacial score (nSPS) is 16.2. The van der Waals surface area contributed by atoms with Crippen LogP contribution in [0.5, 0.6) is 0 Å². The van der Waals surface area contributed by atoms with Crippen LogP contribution >= 0.6 is 0 Å². The molecule has 1 aromatic heterocycles. The highest BCUT2D eigenvalue weighted by molar-refractivity contribution is 5.93. The van der Waals surface area contributed by atoms with Gasteiger partial charge in [0.1, 0.15) is 5.69 Å². The molecule has 128 valence electrons. The Kier molecular flexibility index (Phi) is 5.25. The molecule has 0 spiro atoms. The third kappa shape index (κ3) is 3.82. The molecule has 0 unspecified atom stereocenters. The first kappa shape index (κ1) is 16.6. The van der Waals surface area contributed by atoms with Gasteiger partial charge in [0.25, 0.3) is 0 Å². The van der Waals surface area contributed by atoms with Crippen molar-refractivity contribution in [1.82, 2.24) is 20.3 Å². The first-order valence-electron chi connectivity index (χ1n) is 8.57. The summed E-state index contributed by atoms with van der Waals surface area (Å²) in [5.41, 5.74) is 2.90. The number of carbonyl (C=O) groups excluding carboxylic acids is 1. The van der Waals surface area contributed by atoms with Crippen LogP contribution in [0.4, 0.5) is 0 Å². The average Bonchev–Trinajstić information content (AvgIpc) is 3.08. The Balaban J connectivity index is 1.69. The number of likely N-dealkylation sites (tertiary alicyclic amines) is 1. The molecule has 6 nitrogen and oxygen atoms in total. The van der Waals surface area contributed by atoms with E-state index >= 15 is 0 Å². The van der Waals surface area contributed by atoms with Crippen molar-refractivity contribution in [2.75, 3.05) is 19.7 Å². The molecule has 0 aliphatic carbocycles. The van der Waals surface area contributed by atoms with Crippen LogP contribution in [-0.2, 0) is 11.3 Å². The molecule has 0 radical (unpaired) electrons. The third-order valence-electron chi connectivity index (χ3n) is 4.53. The SMILES string of the molecule is CCOC(=O)c1n[nH]nc1-c1ccc(CN2CCC(C)CC2)cc1. The number of nitrogens with zero attached hydrogens (tertiary/aromatic N) is 3. The minimum atomic E-state index is -0.451. The fraction of sp³-hybridized carbons (Fsp3) is 0.500. The zero-order valence-electron chi connectivity index (χ0n) is 14.3. The van der Waals surface area contributed by atoms with Crippen LogP contribution in [0, 0.1) is 5.92 Å². The lowest BCUT2D eigenvalue weighted by atomic mass is 9.98. The number of piperidine rings is 1. The minimum absolute atomic E-state index is 0.231. The second kappa shape index (κ2) is 7.57. The molecule has 24 heavy (non-hydrogen) atoms. The molecule has 1 aliphatic heterocycles. The first-order valence-corrected chi connectivity index (χ1v) is 8.57. The number of H-pyrrole nitrogens is 1. The molecule has 1 N–H and O–H groups in total. The number of aromatic amines is 1. The van der Waals surface area contributed by atoms with Crippen molar-refractivity contribution in [1.29, 1.82) is 0 Å². The predicted octanol–water partition coefficient (Wildman–Crippen LogP) is 2.88. The fourth-order valence-corrected chi connectivity index (χ4v) is 3.02. The summed E-state index contributed by atoms with van der Waals surface area (Å²) >= 11 is 0. The molecule has 2 aromatic rings. The maximum Gasteiger partial charge on any atom is 0.361 e. The summed E-state index contributed by atoms with van der Waals surface area (Å²) < 4.78 is 5.01. The molecule has 2 heterocycles. The summed E-state index contributed by atoms with van der Waals surface area (Å²) in [6, 6.07) is 8.17.